The lowest BCUT2D eigenvalue weighted by molar-refractivity contribution is 0.474. The maximum Gasteiger partial charge on any atom is 0.117 e. The van der Waals surface area contributed by atoms with E-state index in [1.165, 1.54) is 4.80 Å². The normalized spacial score (nSPS) is 10.6. The molecule has 0 saturated heterocycles. The molecule has 94 valence electrons. The van der Waals surface area contributed by atoms with Crippen molar-refractivity contribution in [1.29, 1.82) is 0 Å². The molecule has 0 atom stereocenters. The first-order valence-corrected chi connectivity index (χ1v) is 6.03. The number of hydrogen-bond donors (Lipinski definition) is 1. The van der Waals surface area contributed by atoms with E-state index < -0.39 is 0 Å². The average molecular weight is 251 g/mol. The average Bonchev–Trinajstić information content (AvgIpc) is 2.82. The molecule has 0 bridgehead atoms. The summed E-state index contributed by atoms with van der Waals surface area (Å²) in [6.07, 6.45) is 0. The molecule has 1 aromatic heterocycles. The van der Waals surface area contributed by atoms with Crippen LogP contribution in [0.3, 0.4) is 0 Å². The van der Waals surface area contributed by atoms with Crippen molar-refractivity contribution in [1.82, 2.24) is 15.0 Å². The number of aromatic hydroxyl groups is 1. The monoisotopic (exact) mass is 251 g/mol. The van der Waals surface area contributed by atoms with Crippen LogP contribution in [0.25, 0.3) is 16.9 Å². The molecule has 2 aromatic carbocycles. The van der Waals surface area contributed by atoms with E-state index in [9.17, 15) is 5.11 Å². The van der Waals surface area contributed by atoms with Gasteiger partial charge in [0.2, 0.25) is 0 Å². The lowest BCUT2D eigenvalue weighted by Crippen LogP contribution is -1.98. The van der Waals surface area contributed by atoms with E-state index in [1.807, 2.05) is 43.3 Å². The Morgan fingerprint density at radius 2 is 1.74 bits per heavy atom. The van der Waals surface area contributed by atoms with Crippen molar-refractivity contribution in [3.05, 3.63) is 60.3 Å². The van der Waals surface area contributed by atoms with Crippen LogP contribution in [0.5, 0.6) is 5.75 Å². The zero-order chi connectivity index (χ0) is 13.2. The minimum Gasteiger partial charge on any atom is -0.508 e. The molecule has 0 fully saturated rings. The van der Waals surface area contributed by atoms with Gasteiger partial charge < -0.3 is 5.11 Å². The smallest absolute Gasteiger partial charge is 0.117 e. The van der Waals surface area contributed by atoms with E-state index in [0.717, 1.165) is 22.6 Å². The molecule has 4 nitrogen and oxygen atoms in total. The molecule has 0 saturated carbocycles. The second-order valence-corrected chi connectivity index (χ2v) is 4.31. The Morgan fingerprint density at radius 1 is 0.947 bits per heavy atom. The molecule has 4 heteroatoms. The number of phenolic OH excluding ortho intramolecular Hbond substituents is 1. The van der Waals surface area contributed by atoms with Crippen LogP contribution in [-0.2, 0) is 0 Å². The first kappa shape index (κ1) is 11.5. The lowest BCUT2D eigenvalue weighted by atomic mass is 10.1. The van der Waals surface area contributed by atoms with Crippen molar-refractivity contribution in [2.24, 2.45) is 0 Å². The Balaban J connectivity index is 2.07. The van der Waals surface area contributed by atoms with Crippen molar-refractivity contribution in [3.8, 4) is 22.7 Å². The molecule has 0 aliphatic carbocycles. The number of aryl methyl sites for hydroxylation is 1. The van der Waals surface area contributed by atoms with Gasteiger partial charge in [-0.25, -0.2) is 0 Å². The molecule has 19 heavy (non-hydrogen) atoms. The van der Waals surface area contributed by atoms with Crippen LogP contribution >= 0.6 is 0 Å². The van der Waals surface area contributed by atoms with Gasteiger partial charge in [-0.15, -0.1) is 5.10 Å². The van der Waals surface area contributed by atoms with E-state index in [1.54, 1.807) is 18.2 Å². The molecule has 1 N–H and O–H groups in total. The van der Waals surface area contributed by atoms with Crippen molar-refractivity contribution in [2.75, 3.05) is 0 Å². The van der Waals surface area contributed by atoms with Gasteiger partial charge in [-0.3, -0.25) is 0 Å². The summed E-state index contributed by atoms with van der Waals surface area (Å²) in [5.41, 5.74) is 3.48. The highest BCUT2D eigenvalue weighted by atomic mass is 16.3. The molecule has 0 aliphatic rings. The summed E-state index contributed by atoms with van der Waals surface area (Å²) >= 11 is 0. The van der Waals surface area contributed by atoms with Gasteiger partial charge in [0.05, 0.1) is 11.4 Å². The molecule has 0 aliphatic heterocycles. The molecular formula is C15H13N3O. The predicted molar refractivity (Wildman–Crippen MR) is 73.2 cm³/mol. The van der Waals surface area contributed by atoms with Crippen molar-refractivity contribution < 1.29 is 5.11 Å². The Kier molecular flexibility index (Phi) is 2.76. The van der Waals surface area contributed by atoms with E-state index in [0.29, 0.717) is 0 Å². The molecule has 0 radical (unpaired) electrons. The summed E-state index contributed by atoms with van der Waals surface area (Å²) < 4.78 is 0. The third-order valence-electron chi connectivity index (χ3n) is 2.89. The molecule has 0 unspecified atom stereocenters. The van der Waals surface area contributed by atoms with E-state index in [2.05, 4.69) is 10.2 Å². The lowest BCUT2D eigenvalue weighted by Gasteiger charge is -1.99. The summed E-state index contributed by atoms with van der Waals surface area (Å²) in [6.45, 7) is 1.93. The van der Waals surface area contributed by atoms with Crippen molar-refractivity contribution in [3.63, 3.8) is 0 Å². The predicted octanol–water partition coefficient (Wildman–Crippen LogP) is 2.95. The quantitative estimate of drug-likeness (QED) is 0.761. The van der Waals surface area contributed by atoms with Gasteiger partial charge in [0.25, 0.3) is 0 Å². The van der Waals surface area contributed by atoms with Gasteiger partial charge in [0.1, 0.15) is 11.4 Å². The molecule has 0 amide bonds. The second kappa shape index (κ2) is 4.57. The maximum atomic E-state index is 9.50. The van der Waals surface area contributed by atoms with E-state index in [4.69, 9.17) is 0 Å². The van der Waals surface area contributed by atoms with Crippen LogP contribution in [0.15, 0.2) is 54.6 Å². The first-order valence-electron chi connectivity index (χ1n) is 6.03. The fourth-order valence-corrected chi connectivity index (χ4v) is 1.97. The Morgan fingerprint density at radius 3 is 2.47 bits per heavy atom. The highest BCUT2D eigenvalue weighted by Gasteiger charge is 2.10. The van der Waals surface area contributed by atoms with Gasteiger partial charge in [-0.2, -0.15) is 9.90 Å². The molecule has 3 rings (SSSR count). The van der Waals surface area contributed by atoms with Crippen LogP contribution in [0, 0.1) is 6.92 Å². The number of hydrogen-bond acceptors (Lipinski definition) is 3. The van der Waals surface area contributed by atoms with E-state index >= 15 is 0 Å². The van der Waals surface area contributed by atoms with Gasteiger partial charge in [0.15, 0.2) is 0 Å². The largest absolute Gasteiger partial charge is 0.508 e. The minimum absolute atomic E-state index is 0.203. The first-order chi connectivity index (χ1) is 9.24. The second-order valence-electron chi connectivity index (χ2n) is 4.31. The zero-order valence-corrected chi connectivity index (χ0v) is 10.5. The summed E-state index contributed by atoms with van der Waals surface area (Å²) in [4.78, 5) is 1.54. The van der Waals surface area contributed by atoms with Crippen LogP contribution < -0.4 is 0 Å². The third kappa shape index (κ3) is 2.20. The Bertz CT molecular complexity index is 704. The summed E-state index contributed by atoms with van der Waals surface area (Å²) in [5, 5.41) is 18.4. The van der Waals surface area contributed by atoms with Crippen LogP contribution in [0.4, 0.5) is 0 Å². The highest BCUT2D eigenvalue weighted by Crippen LogP contribution is 2.21. The molecule has 3 aromatic rings. The number of aromatic nitrogens is 3. The summed E-state index contributed by atoms with van der Waals surface area (Å²) in [5.74, 6) is 0.203. The van der Waals surface area contributed by atoms with Gasteiger partial charge in [0, 0.05) is 11.6 Å². The maximum absolute atomic E-state index is 9.50. The molecule has 0 spiro atoms. The molecular weight excluding hydrogens is 238 g/mol. The number of phenols is 1. The number of benzene rings is 2. The fourth-order valence-electron chi connectivity index (χ4n) is 1.97. The highest BCUT2D eigenvalue weighted by molar-refractivity contribution is 5.61. The summed E-state index contributed by atoms with van der Waals surface area (Å²) in [6, 6.07) is 16.8. The summed E-state index contributed by atoms with van der Waals surface area (Å²) in [7, 11) is 0. The SMILES string of the molecule is Cc1nn(-c2cccc(O)c2)nc1-c1ccccc1. The fraction of sp³-hybridized carbons (Fsp3) is 0.0667. The van der Waals surface area contributed by atoms with Crippen molar-refractivity contribution in [2.45, 2.75) is 6.92 Å². The Labute approximate surface area is 111 Å². The van der Waals surface area contributed by atoms with Crippen LogP contribution in [0.2, 0.25) is 0 Å². The topological polar surface area (TPSA) is 50.9 Å². The van der Waals surface area contributed by atoms with Crippen LogP contribution in [-0.4, -0.2) is 20.1 Å². The number of rotatable bonds is 2. The van der Waals surface area contributed by atoms with Crippen LogP contribution in [0.1, 0.15) is 5.69 Å². The van der Waals surface area contributed by atoms with Gasteiger partial charge >= 0.3 is 0 Å². The third-order valence-corrected chi connectivity index (χ3v) is 2.89. The van der Waals surface area contributed by atoms with Crippen molar-refractivity contribution >= 4 is 0 Å². The van der Waals surface area contributed by atoms with Gasteiger partial charge in [-0.1, -0.05) is 36.4 Å². The van der Waals surface area contributed by atoms with Gasteiger partial charge in [-0.05, 0) is 19.1 Å². The molecule has 1 heterocycles. The Hall–Kier alpha value is -2.62. The zero-order valence-electron chi connectivity index (χ0n) is 10.5. The van der Waals surface area contributed by atoms with E-state index in [-0.39, 0.29) is 5.75 Å². The number of nitrogens with zero attached hydrogens (tertiary/aromatic N) is 3. The minimum atomic E-state index is 0.203. The standard InChI is InChI=1S/C15H13N3O/c1-11-15(12-6-3-2-4-7-12)17-18(16-11)13-8-5-9-14(19)10-13/h2-10,19H,1H3.